The average molecular weight is 373 g/mol. The van der Waals surface area contributed by atoms with Crippen LogP contribution in [0.1, 0.15) is 48.2 Å². The molecule has 0 saturated carbocycles. The van der Waals surface area contributed by atoms with E-state index in [0.29, 0.717) is 18.7 Å². The molecule has 6 heteroatoms. The first-order valence-corrected chi connectivity index (χ1v) is 10.1. The van der Waals surface area contributed by atoms with Crippen molar-refractivity contribution in [3.05, 3.63) is 57.8 Å². The van der Waals surface area contributed by atoms with Crippen LogP contribution in [0, 0.1) is 0 Å². The second kappa shape index (κ2) is 11.3. The van der Waals surface area contributed by atoms with Gasteiger partial charge in [0, 0.05) is 25.2 Å². The van der Waals surface area contributed by atoms with Crippen LogP contribution in [0.15, 0.2) is 46.1 Å². The van der Waals surface area contributed by atoms with E-state index in [-0.39, 0.29) is 5.91 Å². The van der Waals surface area contributed by atoms with Crippen molar-refractivity contribution in [2.75, 3.05) is 13.1 Å². The zero-order chi connectivity index (χ0) is 18.6. The maximum absolute atomic E-state index is 12.0. The second-order valence-corrected chi connectivity index (χ2v) is 6.77. The highest BCUT2D eigenvalue weighted by Gasteiger charge is 2.05. The lowest BCUT2D eigenvalue weighted by Gasteiger charge is -2.11. The van der Waals surface area contributed by atoms with Gasteiger partial charge in [-0.25, -0.2) is 4.99 Å². The lowest BCUT2D eigenvalue weighted by atomic mass is 10.1. The minimum atomic E-state index is -0.0105. The molecule has 0 fully saturated rings. The van der Waals surface area contributed by atoms with Gasteiger partial charge in [-0.3, -0.25) is 4.79 Å². The molecule has 0 aliphatic carbocycles. The third-order valence-electron chi connectivity index (χ3n) is 3.84. The highest BCUT2D eigenvalue weighted by molar-refractivity contribution is 7.07. The summed E-state index contributed by atoms with van der Waals surface area (Å²) < 4.78 is 0. The van der Waals surface area contributed by atoms with Crippen LogP contribution in [0.4, 0.5) is 0 Å². The lowest BCUT2D eigenvalue weighted by Crippen LogP contribution is -2.36. The summed E-state index contributed by atoms with van der Waals surface area (Å²) in [5.74, 6) is 0.781. The van der Waals surface area contributed by atoms with Gasteiger partial charge in [0.15, 0.2) is 5.96 Å². The van der Waals surface area contributed by atoms with Crippen molar-refractivity contribution in [2.45, 2.75) is 39.8 Å². The van der Waals surface area contributed by atoms with E-state index < -0.39 is 0 Å². The average Bonchev–Trinajstić information content (AvgIpc) is 3.18. The van der Waals surface area contributed by atoms with Crippen LogP contribution in [0.2, 0.25) is 0 Å². The van der Waals surface area contributed by atoms with Gasteiger partial charge in [0.05, 0.1) is 6.54 Å². The Hall–Kier alpha value is -2.34. The van der Waals surface area contributed by atoms with Crippen molar-refractivity contribution >= 4 is 23.2 Å². The predicted octanol–water partition coefficient (Wildman–Crippen LogP) is 3.53. The van der Waals surface area contributed by atoms with Crippen LogP contribution < -0.4 is 16.0 Å². The summed E-state index contributed by atoms with van der Waals surface area (Å²) in [7, 11) is 0. The number of aliphatic imine (C=N–C) groups is 1. The van der Waals surface area contributed by atoms with E-state index >= 15 is 0 Å². The molecule has 1 aromatic carbocycles. The molecule has 1 amide bonds. The number of nitrogens with zero attached hydrogens (tertiary/aromatic N) is 1. The van der Waals surface area contributed by atoms with Crippen LogP contribution in [-0.2, 0) is 13.1 Å². The molecule has 0 aliphatic heterocycles. The molecule has 26 heavy (non-hydrogen) atoms. The van der Waals surface area contributed by atoms with E-state index in [1.807, 2.05) is 31.2 Å². The Kier molecular flexibility index (Phi) is 8.69. The van der Waals surface area contributed by atoms with Crippen LogP contribution >= 0.6 is 11.3 Å². The summed E-state index contributed by atoms with van der Waals surface area (Å²) in [5.41, 5.74) is 3.02. The highest BCUT2D eigenvalue weighted by Crippen LogP contribution is 2.07. The van der Waals surface area contributed by atoms with Gasteiger partial charge < -0.3 is 16.0 Å². The summed E-state index contributed by atoms with van der Waals surface area (Å²) in [6.45, 7) is 7.02. The Bertz CT molecular complexity index is 680. The summed E-state index contributed by atoms with van der Waals surface area (Å²) in [6, 6.07) is 9.78. The molecule has 0 aliphatic rings. The Morgan fingerprint density at radius 3 is 2.50 bits per heavy atom. The fourth-order valence-electron chi connectivity index (χ4n) is 2.34. The zero-order valence-corrected chi connectivity index (χ0v) is 16.4. The number of hydrogen-bond donors (Lipinski definition) is 3. The standard InChI is InChI=1S/C20H28N4OS/c1-3-5-11-22-19(25)18-8-6-16(7-9-18)13-23-20(21-4-2)24-14-17-10-12-26-15-17/h6-10,12,15H,3-5,11,13-14H2,1-2H3,(H,22,25)(H2,21,23,24). The van der Waals surface area contributed by atoms with Crippen LogP contribution in [0.25, 0.3) is 0 Å². The van der Waals surface area contributed by atoms with Crippen LogP contribution in [0.3, 0.4) is 0 Å². The van der Waals surface area contributed by atoms with Crippen molar-refractivity contribution in [3.8, 4) is 0 Å². The number of amides is 1. The molecule has 0 atom stereocenters. The highest BCUT2D eigenvalue weighted by atomic mass is 32.1. The van der Waals surface area contributed by atoms with Gasteiger partial charge in [0.2, 0.25) is 0 Å². The second-order valence-electron chi connectivity index (χ2n) is 5.99. The van der Waals surface area contributed by atoms with E-state index in [1.54, 1.807) is 11.3 Å². The molecule has 140 valence electrons. The normalized spacial score (nSPS) is 11.2. The SMILES string of the molecule is CCCCNC(=O)c1ccc(CNC(=NCc2ccsc2)NCC)cc1. The molecular formula is C20H28N4OS. The molecule has 5 nitrogen and oxygen atoms in total. The van der Waals surface area contributed by atoms with E-state index in [4.69, 9.17) is 0 Å². The topological polar surface area (TPSA) is 65.5 Å². The number of rotatable bonds is 9. The summed E-state index contributed by atoms with van der Waals surface area (Å²) in [5, 5.41) is 13.7. The molecule has 0 radical (unpaired) electrons. The molecule has 2 aromatic rings. The first-order valence-electron chi connectivity index (χ1n) is 9.13. The van der Waals surface area contributed by atoms with Gasteiger partial charge in [0.25, 0.3) is 5.91 Å². The minimum absolute atomic E-state index is 0.0105. The largest absolute Gasteiger partial charge is 0.357 e. The molecule has 0 bridgehead atoms. The van der Waals surface area contributed by atoms with Gasteiger partial charge in [0.1, 0.15) is 0 Å². The first kappa shape index (κ1) is 20.0. The van der Waals surface area contributed by atoms with Crippen LogP contribution in [0.5, 0.6) is 0 Å². The van der Waals surface area contributed by atoms with Crippen molar-refractivity contribution in [1.82, 2.24) is 16.0 Å². The third-order valence-corrected chi connectivity index (χ3v) is 4.57. The number of guanidine groups is 1. The third kappa shape index (κ3) is 6.88. The summed E-state index contributed by atoms with van der Waals surface area (Å²) >= 11 is 1.68. The Morgan fingerprint density at radius 1 is 1.04 bits per heavy atom. The van der Waals surface area contributed by atoms with Crippen molar-refractivity contribution in [3.63, 3.8) is 0 Å². The zero-order valence-electron chi connectivity index (χ0n) is 15.5. The van der Waals surface area contributed by atoms with Crippen molar-refractivity contribution < 1.29 is 4.79 Å². The molecule has 1 aromatic heterocycles. The number of hydrogen-bond acceptors (Lipinski definition) is 3. The Labute approximate surface area is 159 Å². The quantitative estimate of drug-likeness (QED) is 0.358. The number of unbranched alkanes of at least 4 members (excludes halogenated alkanes) is 1. The molecule has 0 unspecified atom stereocenters. The molecule has 0 saturated heterocycles. The monoisotopic (exact) mass is 372 g/mol. The van der Waals surface area contributed by atoms with Gasteiger partial charge in [-0.05, 0) is 53.4 Å². The smallest absolute Gasteiger partial charge is 0.251 e. The number of carbonyl (C=O) groups is 1. The maximum Gasteiger partial charge on any atom is 0.251 e. The van der Waals surface area contributed by atoms with Gasteiger partial charge in [-0.2, -0.15) is 11.3 Å². The minimum Gasteiger partial charge on any atom is -0.357 e. The fraction of sp³-hybridized carbons (Fsp3) is 0.400. The first-order chi connectivity index (χ1) is 12.7. The molecular weight excluding hydrogens is 344 g/mol. The summed E-state index contributed by atoms with van der Waals surface area (Å²) in [6.07, 6.45) is 2.08. The summed E-state index contributed by atoms with van der Waals surface area (Å²) in [4.78, 5) is 16.6. The van der Waals surface area contributed by atoms with Gasteiger partial charge in [-0.1, -0.05) is 25.5 Å². The Morgan fingerprint density at radius 2 is 1.85 bits per heavy atom. The van der Waals surface area contributed by atoms with Gasteiger partial charge in [-0.15, -0.1) is 0 Å². The Balaban J connectivity index is 1.86. The van der Waals surface area contributed by atoms with E-state index in [0.717, 1.165) is 37.5 Å². The van der Waals surface area contributed by atoms with E-state index in [2.05, 4.69) is 44.7 Å². The maximum atomic E-state index is 12.0. The number of thiophene rings is 1. The molecule has 2 rings (SSSR count). The van der Waals surface area contributed by atoms with Crippen LogP contribution in [-0.4, -0.2) is 25.0 Å². The molecule has 0 spiro atoms. The lowest BCUT2D eigenvalue weighted by molar-refractivity contribution is 0.0953. The number of carbonyl (C=O) groups excluding carboxylic acids is 1. The van der Waals surface area contributed by atoms with E-state index in [1.165, 1.54) is 5.56 Å². The van der Waals surface area contributed by atoms with Crippen molar-refractivity contribution in [2.24, 2.45) is 4.99 Å². The molecule has 1 heterocycles. The number of benzene rings is 1. The van der Waals surface area contributed by atoms with E-state index in [9.17, 15) is 4.79 Å². The fourth-order valence-corrected chi connectivity index (χ4v) is 3.00. The van der Waals surface area contributed by atoms with Crippen molar-refractivity contribution in [1.29, 1.82) is 0 Å². The predicted molar refractivity (Wildman–Crippen MR) is 110 cm³/mol. The number of nitrogens with one attached hydrogen (secondary N) is 3. The molecule has 3 N–H and O–H groups in total. The van der Waals surface area contributed by atoms with Gasteiger partial charge >= 0.3 is 0 Å².